The molecule has 2 aromatic carbocycles. The lowest BCUT2D eigenvalue weighted by Gasteiger charge is -2.09. The first-order valence-electron chi connectivity index (χ1n) is 8.04. The van der Waals surface area contributed by atoms with E-state index in [-0.39, 0.29) is 22.2 Å². The van der Waals surface area contributed by atoms with Crippen molar-refractivity contribution < 1.29 is 32.3 Å². The van der Waals surface area contributed by atoms with Gasteiger partial charge in [0.1, 0.15) is 11.3 Å². The number of hydrogen-bond acceptors (Lipinski definition) is 5. The lowest BCUT2D eigenvalue weighted by molar-refractivity contribution is -0.119. The molecule has 3 aromatic rings. The number of alkyl halides is 2. The normalized spacial score (nSPS) is 10.9. The Morgan fingerprint density at radius 1 is 1.21 bits per heavy atom. The molecule has 3 rings (SSSR count). The minimum atomic E-state index is -3.01. The van der Waals surface area contributed by atoms with Gasteiger partial charge in [0.25, 0.3) is 5.91 Å². The summed E-state index contributed by atoms with van der Waals surface area (Å²) in [4.78, 5) is 24.2. The summed E-state index contributed by atoms with van der Waals surface area (Å²) in [6.07, 6.45) is 0. The van der Waals surface area contributed by atoms with E-state index in [0.29, 0.717) is 11.1 Å². The quantitative estimate of drug-likeness (QED) is 0.592. The molecule has 0 fully saturated rings. The molecule has 9 heteroatoms. The van der Waals surface area contributed by atoms with Crippen LogP contribution in [0.25, 0.3) is 11.0 Å². The highest BCUT2D eigenvalue weighted by molar-refractivity contribution is 6.32. The fraction of sp³-hybridized carbons (Fsp3) is 0.158. The third-order valence-corrected chi connectivity index (χ3v) is 4.09. The van der Waals surface area contributed by atoms with Crippen molar-refractivity contribution >= 4 is 40.1 Å². The Morgan fingerprint density at radius 3 is 2.64 bits per heavy atom. The Labute approximate surface area is 163 Å². The van der Waals surface area contributed by atoms with E-state index < -0.39 is 25.1 Å². The maximum atomic E-state index is 12.2. The second kappa shape index (κ2) is 8.26. The average molecular weight is 410 g/mol. The first-order valence-corrected chi connectivity index (χ1v) is 8.42. The average Bonchev–Trinajstić information content (AvgIpc) is 2.99. The lowest BCUT2D eigenvalue weighted by atomic mass is 10.1. The fourth-order valence-corrected chi connectivity index (χ4v) is 2.76. The van der Waals surface area contributed by atoms with Crippen LogP contribution < -0.4 is 10.1 Å². The number of carbonyl (C=O) groups is 2. The number of benzene rings is 2. The number of nitrogens with one attached hydrogen (secondary N) is 1. The van der Waals surface area contributed by atoms with Gasteiger partial charge in [0, 0.05) is 16.6 Å². The van der Waals surface area contributed by atoms with Gasteiger partial charge in [-0.3, -0.25) is 4.79 Å². The topological polar surface area (TPSA) is 77.8 Å². The van der Waals surface area contributed by atoms with Crippen molar-refractivity contribution in [3.05, 3.63) is 58.8 Å². The monoisotopic (exact) mass is 409 g/mol. The summed E-state index contributed by atoms with van der Waals surface area (Å²) in [5.41, 5.74) is 1.38. The molecule has 146 valence electrons. The molecule has 1 amide bonds. The van der Waals surface area contributed by atoms with Gasteiger partial charge >= 0.3 is 12.6 Å². The largest absolute Gasteiger partial charge is 0.450 e. The van der Waals surface area contributed by atoms with E-state index >= 15 is 0 Å². The van der Waals surface area contributed by atoms with Crippen LogP contribution in [0.5, 0.6) is 5.75 Å². The summed E-state index contributed by atoms with van der Waals surface area (Å²) >= 11 is 5.81. The van der Waals surface area contributed by atoms with E-state index in [9.17, 15) is 18.4 Å². The minimum Gasteiger partial charge on any atom is -0.450 e. The van der Waals surface area contributed by atoms with Crippen molar-refractivity contribution in [2.24, 2.45) is 0 Å². The maximum absolute atomic E-state index is 12.2. The van der Waals surface area contributed by atoms with Crippen LogP contribution in [0.4, 0.5) is 14.5 Å². The predicted octanol–water partition coefficient (Wildman–Crippen LogP) is 4.79. The van der Waals surface area contributed by atoms with Gasteiger partial charge in [0.2, 0.25) is 5.76 Å². The zero-order valence-electron chi connectivity index (χ0n) is 14.5. The molecule has 6 nitrogen and oxygen atoms in total. The molecule has 0 saturated carbocycles. The number of rotatable bonds is 6. The summed E-state index contributed by atoms with van der Waals surface area (Å²) in [5, 5.41) is 3.11. The number of hydrogen-bond donors (Lipinski definition) is 1. The number of amides is 1. The third kappa shape index (κ3) is 4.40. The maximum Gasteiger partial charge on any atom is 0.387 e. The Balaban J connectivity index is 1.60. The number of esters is 1. The summed E-state index contributed by atoms with van der Waals surface area (Å²) in [7, 11) is 0. The Bertz CT molecular complexity index is 1030. The minimum absolute atomic E-state index is 0.0190. The van der Waals surface area contributed by atoms with Crippen molar-refractivity contribution in [2.45, 2.75) is 13.5 Å². The van der Waals surface area contributed by atoms with Gasteiger partial charge < -0.3 is 19.2 Å². The Hall–Kier alpha value is -3.13. The van der Waals surface area contributed by atoms with Crippen LogP contribution in [0.15, 0.2) is 46.9 Å². The summed E-state index contributed by atoms with van der Waals surface area (Å²) in [6, 6.07) is 10.9. The second-order valence-corrected chi connectivity index (χ2v) is 6.11. The predicted molar refractivity (Wildman–Crippen MR) is 97.9 cm³/mol. The number of carbonyl (C=O) groups excluding carboxylic acids is 2. The lowest BCUT2D eigenvalue weighted by Crippen LogP contribution is -2.21. The number of ether oxygens (including phenoxy) is 2. The van der Waals surface area contributed by atoms with Gasteiger partial charge in [-0.05, 0) is 31.2 Å². The summed E-state index contributed by atoms with van der Waals surface area (Å²) < 4.78 is 39.1. The number of furan rings is 1. The smallest absolute Gasteiger partial charge is 0.387 e. The number of anilines is 1. The Kier molecular flexibility index (Phi) is 5.79. The standard InChI is InChI=1S/C19H14ClF2NO5/c1-10-12-4-2-3-5-14(12)27-17(10)18(25)26-9-16(24)23-11-6-7-15(13(20)8-11)28-19(21)22/h2-8,19H,9H2,1H3,(H,23,24). The van der Waals surface area contributed by atoms with Crippen LogP contribution in [0.3, 0.4) is 0 Å². The van der Waals surface area contributed by atoms with Crippen molar-refractivity contribution in [1.82, 2.24) is 0 Å². The molecule has 0 radical (unpaired) electrons. The highest BCUT2D eigenvalue weighted by Crippen LogP contribution is 2.29. The zero-order chi connectivity index (χ0) is 20.3. The molecule has 0 aliphatic rings. The molecular formula is C19H14ClF2NO5. The molecule has 1 N–H and O–H groups in total. The molecule has 1 heterocycles. The molecule has 0 bridgehead atoms. The number of aryl methyl sites for hydroxylation is 1. The van der Waals surface area contributed by atoms with Gasteiger partial charge in [-0.2, -0.15) is 8.78 Å². The van der Waals surface area contributed by atoms with Crippen molar-refractivity contribution in [3.63, 3.8) is 0 Å². The molecule has 0 aliphatic carbocycles. The van der Waals surface area contributed by atoms with Gasteiger partial charge in [-0.25, -0.2) is 4.79 Å². The van der Waals surface area contributed by atoms with Crippen LogP contribution >= 0.6 is 11.6 Å². The molecule has 1 aromatic heterocycles. The van der Waals surface area contributed by atoms with Gasteiger partial charge in [-0.15, -0.1) is 0 Å². The van der Waals surface area contributed by atoms with Gasteiger partial charge in [0.05, 0.1) is 5.02 Å². The first kappa shape index (κ1) is 19.6. The molecule has 0 atom stereocenters. The SMILES string of the molecule is Cc1c(C(=O)OCC(=O)Nc2ccc(OC(F)F)c(Cl)c2)oc2ccccc12. The highest BCUT2D eigenvalue weighted by atomic mass is 35.5. The van der Waals surface area contributed by atoms with Crippen molar-refractivity contribution in [1.29, 1.82) is 0 Å². The molecule has 0 unspecified atom stereocenters. The summed E-state index contributed by atoms with van der Waals surface area (Å²) in [6.45, 7) is -1.87. The number of halogens is 3. The summed E-state index contributed by atoms with van der Waals surface area (Å²) in [5.74, 6) is -1.62. The third-order valence-electron chi connectivity index (χ3n) is 3.80. The second-order valence-electron chi connectivity index (χ2n) is 5.70. The van der Waals surface area contributed by atoms with Crippen molar-refractivity contribution in [3.8, 4) is 5.75 Å². The Morgan fingerprint density at radius 2 is 1.96 bits per heavy atom. The molecule has 28 heavy (non-hydrogen) atoms. The van der Waals surface area contributed by atoms with Crippen LogP contribution in [0.2, 0.25) is 5.02 Å². The van der Waals surface area contributed by atoms with E-state index in [2.05, 4.69) is 10.1 Å². The molecular weight excluding hydrogens is 396 g/mol. The van der Waals surface area contributed by atoms with Crippen LogP contribution in [-0.4, -0.2) is 25.1 Å². The van der Waals surface area contributed by atoms with Crippen LogP contribution in [-0.2, 0) is 9.53 Å². The fourth-order valence-electron chi connectivity index (χ4n) is 2.53. The van der Waals surface area contributed by atoms with Gasteiger partial charge in [0.15, 0.2) is 6.61 Å². The van der Waals surface area contributed by atoms with Crippen LogP contribution in [0, 0.1) is 6.92 Å². The number of para-hydroxylation sites is 1. The molecule has 0 spiro atoms. The van der Waals surface area contributed by atoms with Crippen LogP contribution in [0.1, 0.15) is 16.1 Å². The molecule has 0 saturated heterocycles. The first-order chi connectivity index (χ1) is 13.3. The van der Waals surface area contributed by atoms with E-state index in [1.807, 2.05) is 12.1 Å². The van der Waals surface area contributed by atoms with E-state index in [1.54, 1.807) is 19.1 Å². The van der Waals surface area contributed by atoms with Gasteiger partial charge in [-0.1, -0.05) is 29.8 Å². The van der Waals surface area contributed by atoms with E-state index in [1.165, 1.54) is 18.2 Å². The molecule has 0 aliphatic heterocycles. The van der Waals surface area contributed by atoms with Crippen molar-refractivity contribution in [2.75, 3.05) is 11.9 Å². The highest BCUT2D eigenvalue weighted by Gasteiger charge is 2.20. The van der Waals surface area contributed by atoms with E-state index in [0.717, 1.165) is 5.39 Å². The number of fused-ring (bicyclic) bond motifs is 1. The van der Waals surface area contributed by atoms with E-state index in [4.69, 9.17) is 20.8 Å². The zero-order valence-corrected chi connectivity index (χ0v) is 15.3.